The molecule has 0 fully saturated rings. The number of hydrogen-bond acceptors (Lipinski definition) is 4. The Labute approximate surface area is 122 Å². The number of rotatable bonds is 6. The molecule has 0 saturated carbocycles. The highest BCUT2D eigenvalue weighted by molar-refractivity contribution is 7.09. The second-order valence-corrected chi connectivity index (χ2v) is 7.80. The van der Waals surface area contributed by atoms with Gasteiger partial charge in [0.05, 0.1) is 5.69 Å². The van der Waals surface area contributed by atoms with E-state index >= 15 is 0 Å². The third-order valence-corrected chi connectivity index (χ3v) is 4.56. The fourth-order valence-corrected chi connectivity index (χ4v) is 2.30. The van der Waals surface area contributed by atoms with Crippen LogP contribution in [0, 0.1) is 0 Å². The highest BCUT2D eigenvalue weighted by Gasteiger charge is 2.21. The maximum Gasteiger partial charge on any atom is 0.107 e. The Morgan fingerprint density at radius 2 is 1.89 bits per heavy atom. The molecule has 0 aliphatic rings. The van der Waals surface area contributed by atoms with Gasteiger partial charge in [0.15, 0.2) is 0 Å². The standard InChI is InChI=1S/C15H29N3S/c1-8-15(5,6)18(7)10-12-11-19-13(17-12)9-16-14(2,3)4/h11,16H,8-10H2,1-7H3. The highest BCUT2D eigenvalue weighted by atomic mass is 32.1. The van der Waals surface area contributed by atoms with Gasteiger partial charge in [-0.3, -0.25) is 4.90 Å². The van der Waals surface area contributed by atoms with Crippen molar-refractivity contribution >= 4 is 11.3 Å². The monoisotopic (exact) mass is 283 g/mol. The first-order valence-corrected chi connectivity index (χ1v) is 7.91. The molecule has 0 aromatic carbocycles. The van der Waals surface area contributed by atoms with Crippen LogP contribution in [0.4, 0.5) is 0 Å². The zero-order valence-corrected chi connectivity index (χ0v) is 14.3. The Kier molecular flexibility index (Phi) is 5.53. The van der Waals surface area contributed by atoms with Crippen LogP contribution in [0.5, 0.6) is 0 Å². The minimum absolute atomic E-state index is 0.146. The molecular weight excluding hydrogens is 254 g/mol. The second kappa shape index (κ2) is 6.33. The van der Waals surface area contributed by atoms with Gasteiger partial charge in [-0.15, -0.1) is 11.3 Å². The van der Waals surface area contributed by atoms with E-state index in [9.17, 15) is 0 Å². The Bertz CT molecular complexity index is 390. The average molecular weight is 283 g/mol. The fourth-order valence-electron chi connectivity index (χ4n) is 1.57. The van der Waals surface area contributed by atoms with Crippen molar-refractivity contribution < 1.29 is 0 Å². The molecule has 0 aliphatic carbocycles. The van der Waals surface area contributed by atoms with E-state index in [4.69, 9.17) is 4.98 Å². The maximum atomic E-state index is 4.72. The number of thiazole rings is 1. The van der Waals surface area contributed by atoms with Crippen molar-refractivity contribution in [1.82, 2.24) is 15.2 Å². The Hall–Kier alpha value is -0.450. The molecule has 0 bridgehead atoms. The maximum absolute atomic E-state index is 4.72. The van der Waals surface area contributed by atoms with Crippen molar-refractivity contribution in [2.45, 2.75) is 72.1 Å². The zero-order valence-electron chi connectivity index (χ0n) is 13.5. The predicted molar refractivity (Wildman–Crippen MR) is 84.5 cm³/mol. The summed E-state index contributed by atoms with van der Waals surface area (Å²) >= 11 is 1.75. The van der Waals surface area contributed by atoms with Gasteiger partial charge in [-0.05, 0) is 48.1 Å². The van der Waals surface area contributed by atoms with Gasteiger partial charge in [0.1, 0.15) is 5.01 Å². The lowest BCUT2D eigenvalue weighted by molar-refractivity contribution is 0.141. The first kappa shape index (κ1) is 16.6. The van der Waals surface area contributed by atoms with Crippen molar-refractivity contribution in [3.8, 4) is 0 Å². The van der Waals surface area contributed by atoms with E-state index in [1.54, 1.807) is 11.3 Å². The van der Waals surface area contributed by atoms with E-state index in [0.717, 1.165) is 19.5 Å². The third kappa shape index (κ3) is 5.59. The lowest BCUT2D eigenvalue weighted by Gasteiger charge is -2.34. The number of nitrogens with one attached hydrogen (secondary N) is 1. The van der Waals surface area contributed by atoms with Crippen LogP contribution in [0.3, 0.4) is 0 Å². The fraction of sp³-hybridized carbons (Fsp3) is 0.800. The van der Waals surface area contributed by atoms with Crippen LogP contribution in [0.25, 0.3) is 0 Å². The lowest BCUT2D eigenvalue weighted by Crippen LogP contribution is -2.39. The van der Waals surface area contributed by atoms with Crippen LogP contribution >= 0.6 is 11.3 Å². The molecule has 1 N–H and O–H groups in total. The average Bonchev–Trinajstić information content (AvgIpc) is 2.73. The van der Waals surface area contributed by atoms with Gasteiger partial charge in [0, 0.05) is 29.5 Å². The molecule has 0 unspecified atom stereocenters. The van der Waals surface area contributed by atoms with E-state index < -0.39 is 0 Å². The summed E-state index contributed by atoms with van der Waals surface area (Å²) in [5, 5.41) is 6.84. The molecule has 0 amide bonds. The third-order valence-electron chi connectivity index (χ3n) is 3.67. The quantitative estimate of drug-likeness (QED) is 0.863. The second-order valence-electron chi connectivity index (χ2n) is 6.86. The summed E-state index contributed by atoms with van der Waals surface area (Å²) in [5.41, 5.74) is 1.56. The van der Waals surface area contributed by atoms with Crippen LogP contribution in [0.2, 0.25) is 0 Å². The molecule has 3 nitrogen and oxygen atoms in total. The van der Waals surface area contributed by atoms with Gasteiger partial charge in [-0.2, -0.15) is 0 Å². The van der Waals surface area contributed by atoms with E-state index in [2.05, 4.69) is 64.2 Å². The molecule has 0 saturated heterocycles. The summed E-state index contributed by atoms with van der Waals surface area (Å²) in [6, 6.07) is 0. The van der Waals surface area contributed by atoms with Gasteiger partial charge in [-0.1, -0.05) is 6.92 Å². The summed E-state index contributed by atoms with van der Waals surface area (Å²) in [6.07, 6.45) is 1.14. The molecule has 1 rings (SSSR count). The highest BCUT2D eigenvalue weighted by Crippen LogP contribution is 2.20. The molecule has 1 heterocycles. The minimum atomic E-state index is 0.146. The summed E-state index contributed by atoms with van der Waals surface area (Å²) in [4.78, 5) is 7.09. The normalized spacial score (nSPS) is 13.3. The van der Waals surface area contributed by atoms with Crippen molar-refractivity contribution in [2.24, 2.45) is 0 Å². The summed E-state index contributed by atoms with van der Waals surface area (Å²) < 4.78 is 0. The largest absolute Gasteiger partial charge is 0.306 e. The SMILES string of the molecule is CCC(C)(C)N(C)Cc1csc(CNC(C)(C)C)n1. The molecule has 0 aliphatic heterocycles. The molecule has 0 spiro atoms. The molecule has 1 aromatic rings. The number of nitrogens with zero attached hydrogens (tertiary/aromatic N) is 2. The van der Waals surface area contributed by atoms with Gasteiger partial charge in [0.2, 0.25) is 0 Å². The predicted octanol–water partition coefficient (Wildman–Crippen LogP) is 3.65. The van der Waals surface area contributed by atoms with Crippen molar-refractivity contribution in [3.05, 3.63) is 16.1 Å². The van der Waals surface area contributed by atoms with Crippen LogP contribution in [-0.4, -0.2) is 28.0 Å². The first-order chi connectivity index (χ1) is 8.64. The van der Waals surface area contributed by atoms with E-state index in [1.807, 2.05) is 0 Å². The van der Waals surface area contributed by atoms with Crippen molar-refractivity contribution in [2.75, 3.05) is 7.05 Å². The first-order valence-electron chi connectivity index (χ1n) is 7.03. The Balaban J connectivity index is 2.56. The van der Waals surface area contributed by atoms with E-state index in [-0.39, 0.29) is 11.1 Å². The van der Waals surface area contributed by atoms with Crippen LogP contribution in [-0.2, 0) is 13.1 Å². The molecule has 4 heteroatoms. The Morgan fingerprint density at radius 1 is 1.26 bits per heavy atom. The molecule has 1 aromatic heterocycles. The van der Waals surface area contributed by atoms with Crippen molar-refractivity contribution in [1.29, 1.82) is 0 Å². The number of aromatic nitrogens is 1. The number of hydrogen-bond donors (Lipinski definition) is 1. The topological polar surface area (TPSA) is 28.2 Å². The van der Waals surface area contributed by atoms with Crippen molar-refractivity contribution in [3.63, 3.8) is 0 Å². The minimum Gasteiger partial charge on any atom is -0.306 e. The van der Waals surface area contributed by atoms with Gasteiger partial charge in [-0.25, -0.2) is 4.98 Å². The smallest absolute Gasteiger partial charge is 0.107 e. The van der Waals surface area contributed by atoms with E-state index in [0.29, 0.717) is 0 Å². The van der Waals surface area contributed by atoms with E-state index in [1.165, 1.54) is 10.7 Å². The molecule has 19 heavy (non-hydrogen) atoms. The van der Waals surface area contributed by atoms with Gasteiger partial charge in [0.25, 0.3) is 0 Å². The van der Waals surface area contributed by atoms with Gasteiger partial charge >= 0.3 is 0 Å². The molecule has 0 atom stereocenters. The summed E-state index contributed by atoms with van der Waals surface area (Å²) in [6.45, 7) is 15.1. The lowest BCUT2D eigenvalue weighted by atomic mass is 10.00. The van der Waals surface area contributed by atoms with Gasteiger partial charge < -0.3 is 5.32 Å². The zero-order chi connectivity index (χ0) is 14.7. The molecule has 110 valence electrons. The molecule has 0 radical (unpaired) electrons. The Morgan fingerprint density at radius 3 is 2.42 bits per heavy atom. The van der Waals surface area contributed by atoms with Crippen LogP contribution in [0.1, 0.15) is 58.7 Å². The summed E-state index contributed by atoms with van der Waals surface area (Å²) in [5.74, 6) is 0. The van der Waals surface area contributed by atoms with Crippen LogP contribution < -0.4 is 5.32 Å². The molecular formula is C15H29N3S. The summed E-state index contributed by atoms with van der Waals surface area (Å²) in [7, 11) is 2.18. The van der Waals surface area contributed by atoms with Crippen LogP contribution in [0.15, 0.2) is 5.38 Å².